The summed E-state index contributed by atoms with van der Waals surface area (Å²) in [5, 5.41) is 9.53. The predicted molar refractivity (Wildman–Crippen MR) is 76.2 cm³/mol. The first-order valence-corrected chi connectivity index (χ1v) is 6.95. The third kappa shape index (κ3) is 4.70. The third-order valence-electron chi connectivity index (χ3n) is 2.71. The summed E-state index contributed by atoms with van der Waals surface area (Å²) < 4.78 is 0.243. The highest BCUT2D eigenvalue weighted by atomic mass is 32.2. The molecular weight excluding hydrogens is 230 g/mol. The summed E-state index contributed by atoms with van der Waals surface area (Å²) in [5.41, 5.74) is 6.68. The smallest absolute Gasteiger partial charge is 0.0653 e. The van der Waals surface area contributed by atoms with Gasteiger partial charge in [-0.05, 0) is 17.7 Å². The van der Waals surface area contributed by atoms with Crippen LogP contribution in [-0.2, 0) is 5.54 Å². The molecule has 96 valence electrons. The fraction of sp³-hybridized carbons (Fsp3) is 0.571. The van der Waals surface area contributed by atoms with Gasteiger partial charge >= 0.3 is 0 Å². The molecule has 1 unspecified atom stereocenters. The van der Waals surface area contributed by atoms with Gasteiger partial charge in [-0.3, -0.25) is 0 Å². The highest BCUT2D eigenvalue weighted by Crippen LogP contribution is 2.29. The zero-order chi connectivity index (χ0) is 12.9. The van der Waals surface area contributed by atoms with Crippen LogP contribution in [0.15, 0.2) is 30.3 Å². The van der Waals surface area contributed by atoms with Crippen LogP contribution >= 0.6 is 11.8 Å². The van der Waals surface area contributed by atoms with Gasteiger partial charge in [0.25, 0.3) is 0 Å². The largest absolute Gasteiger partial charge is 0.394 e. The van der Waals surface area contributed by atoms with Gasteiger partial charge in [0.2, 0.25) is 0 Å². The summed E-state index contributed by atoms with van der Waals surface area (Å²) in [4.78, 5) is 0. The van der Waals surface area contributed by atoms with Crippen molar-refractivity contribution in [1.82, 2.24) is 0 Å². The van der Waals surface area contributed by atoms with Crippen molar-refractivity contribution in [2.75, 3.05) is 12.4 Å². The van der Waals surface area contributed by atoms with Crippen molar-refractivity contribution in [2.24, 2.45) is 5.73 Å². The number of benzene rings is 1. The van der Waals surface area contributed by atoms with E-state index in [9.17, 15) is 5.11 Å². The average molecular weight is 253 g/mol. The number of hydrogen-bond donors (Lipinski definition) is 2. The third-order valence-corrected chi connectivity index (χ3v) is 3.99. The Labute approximate surface area is 109 Å². The van der Waals surface area contributed by atoms with Crippen molar-refractivity contribution in [1.29, 1.82) is 0 Å². The molecule has 0 amide bonds. The van der Waals surface area contributed by atoms with E-state index in [1.54, 1.807) is 0 Å². The summed E-state index contributed by atoms with van der Waals surface area (Å²) in [6.45, 7) is 6.56. The van der Waals surface area contributed by atoms with Gasteiger partial charge in [-0.15, -0.1) is 0 Å². The first kappa shape index (κ1) is 14.6. The highest BCUT2D eigenvalue weighted by Gasteiger charge is 2.26. The van der Waals surface area contributed by atoms with E-state index in [0.717, 1.165) is 17.7 Å². The van der Waals surface area contributed by atoms with Crippen molar-refractivity contribution >= 4 is 11.8 Å². The fourth-order valence-corrected chi connectivity index (χ4v) is 2.70. The van der Waals surface area contributed by atoms with Crippen LogP contribution in [-0.4, -0.2) is 22.2 Å². The van der Waals surface area contributed by atoms with Crippen molar-refractivity contribution in [3.8, 4) is 0 Å². The summed E-state index contributed by atoms with van der Waals surface area (Å²) in [5.74, 6) is 0.954. The van der Waals surface area contributed by atoms with Crippen LogP contribution in [0.5, 0.6) is 0 Å². The Morgan fingerprint density at radius 2 is 1.76 bits per heavy atom. The molecule has 3 heteroatoms. The number of rotatable bonds is 5. The van der Waals surface area contributed by atoms with Crippen LogP contribution in [0.2, 0.25) is 0 Å². The zero-order valence-electron chi connectivity index (χ0n) is 10.9. The molecular formula is C14H23NOS. The summed E-state index contributed by atoms with van der Waals surface area (Å²) >= 11 is 1.88. The van der Waals surface area contributed by atoms with Crippen molar-refractivity contribution in [3.63, 3.8) is 0 Å². The van der Waals surface area contributed by atoms with Crippen LogP contribution in [0, 0.1) is 0 Å². The Bertz CT molecular complexity index is 334. The minimum Gasteiger partial charge on any atom is -0.394 e. The topological polar surface area (TPSA) is 46.2 Å². The lowest BCUT2D eigenvalue weighted by Gasteiger charge is -2.29. The van der Waals surface area contributed by atoms with Crippen molar-refractivity contribution in [2.45, 2.75) is 37.5 Å². The van der Waals surface area contributed by atoms with E-state index in [4.69, 9.17) is 5.73 Å². The molecule has 1 rings (SSSR count). The molecule has 0 bridgehead atoms. The highest BCUT2D eigenvalue weighted by molar-refractivity contribution is 8.00. The van der Waals surface area contributed by atoms with Crippen LogP contribution in [0.25, 0.3) is 0 Å². The molecule has 0 aliphatic carbocycles. The maximum absolute atomic E-state index is 9.53. The van der Waals surface area contributed by atoms with Gasteiger partial charge in [0.05, 0.1) is 12.1 Å². The van der Waals surface area contributed by atoms with Crippen LogP contribution in [0.3, 0.4) is 0 Å². The molecule has 3 N–H and O–H groups in total. The van der Waals surface area contributed by atoms with E-state index in [1.807, 2.05) is 42.1 Å². The predicted octanol–water partition coefficient (Wildman–Crippen LogP) is 2.75. The second kappa shape index (κ2) is 5.89. The molecule has 1 aromatic carbocycles. The second-order valence-corrected chi connectivity index (χ2v) is 7.31. The molecule has 0 radical (unpaired) electrons. The number of aliphatic hydroxyl groups is 1. The number of thioether (sulfide) groups is 1. The van der Waals surface area contributed by atoms with E-state index in [-0.39, 0.29) is 11.4 Å². The van der Waals surface area contributed by atoms with Crippen molar-refractivity contribution in [3.05, 3.63) is 35.9 Å². The molecule has 0 aliphatic heterocycles. The Hall–Kier alpha value is -0.510. The normalized spacial score (nSPS) is 15.6. The molecule has 0 spiro atoms. The molecule has 0 heterocycles. The Morgan fingerprint density at radius 1 is 1.18 bits per heavy atom. The monoisotopic (exact) mass is 253 g/mol. The van der Waals surface area contributed by atoms with E-state index < -0.39 is 5.54 Å². The lowest BCUT2D eigenvalue weighted by Crippen LogP contribution is -2.41. The quantitative estimate of drug-likeness (QED) is 0.848. The summed E-state index contributed by atoms with van der Waals surface area (Å²) in [6.07, 6.45) is 0.787. The average Bonchev–Trinajstić information content (AvgIpc) is 2.28. The first-order valence-electron chi connectivity index (χ1n) is 5.97. The standard InChI is InChI=1S/C14H23NOS/c1-13(2,3)17-10-9-14(15,11-16)12-7-5-4-6-8-12/h4-8,16H,9-11,15H2,1-3H3. The van der Waals surface area contributed by atoms with Gasteiger partial charge in [0.15, 0.2) is 0 Å². The minimum atomic E-state index is -0.612. The molecule has 0 fully saturated rings. The number of aliphatic hydroxyl groups excluding tert-OH is 1. The molecule has 1 atom stereocenters. The lowest BCUT2D eigenvalue weighted by atomic mass is 9.89. The fourth-order valence-electron chi connectivity index (χ4n) is 1.62. The lowest BCUT2D eigenvalue weighted by molar-refractivity contribution is 0.193. The van der Waals surface area contributed by atoms with Gasteiger partial charge in [0.1, 0.15) is 0 Å². The second-order valence-electron chi connectivity index (χ2n) is 5.39. The van der Waals surface area contributed by atoms with Crippen LogP contribution < -0.4 is 5.73 Å². The van der Waals surface area contributed by atoms with E-state index in [1.165, 1.54) is 0 Å². The Kier molecular flexibility index (Phi) is 5.04. The first-order chi connectivity index (χ1) is 7.87. The van der Waals surface area contributed by atoms with Crippen LogP contribution in [0.1, 0.15) is 32.8 Å². The molecule has 1 aromatic rings. The summed E-state index contributed by atoms with van der Waals surface area (Å²) in [6, 6.07) is 9.86. The van der Waals surface area contributed by atoms with Gasteiger partial charge in [-0.1, -0.05) is 51.1 Å². The van der Waals surface area contributed by atoms with E-state index in [0.29, 0.717) is 0 Å². The maximum atomic E-state index is 9.53. The number of nitrogens with two attached hydrogens (primary N) is 1. The van der Waals surface area contributed by atoms with E-state index >= 15 is 0 Å². The minimum absolute atomic E-state index is 0.0122. The summed E-state index contributed by atoms with van der Waals surface area (Å²) in [7, 11) is 0. The van der Waals surface area contributed by atoms with Crippen LogP contribution in [0.4, 0.5) is 0 Å². The van der Waals surface area contributed by atoms with Gasteiger partial charge in [-0.25, -0.2) is 0 Å². The maximum Gasteiger partial charge on any atom is 0.0653 e. The molecule has 0 saturated carbocycles. The molecule has 2 nitrogen and oxygen atoms in total. The zero-order valence-corrected chi connectivity index (χ0v) is 11.8. The number of hydrogen-bond acceptors (Lipinski definition) is 3. The molecule has 17 heavy (non-hydrogen) atoms. The van der Waals surface area contributed by atoms with Crippen molar-refractivity contribution < 1.29 is 5.11 Å². The Balaban J connectivity index is 2.64. The van der Waals surface area contributed by atoms with E-state index in [2.05, 4.69) is 20.8 Å². The molecule has 0 aliphatic rings. The Morgan fingerprint density at radius 3 is 2.24 bits per heavy atom. The van der Waals surface area contributed by atoms with Gasteiger partial charge in [0, 0.05) is 4.75 Å². The van der Waals surface area contributed by atoms with Gasteiger partial charge < -0.3 is 10.8 Å². The molecule has 0 saturated heterocycles. The van der Waals surface area contributed by atoms with Gasteiger partial charge in [-0.2, -0.15) is 11.8 Å². The SMILES string of the molecule is CC(C)(C)SCCC(N)(CO)c1ccccc1. The molecule has 0 aromatic heterocycles.